The molecule has 1 unspecified atom stereocenters. The van der Waals surface area contributed by atoms with Crippen molar-refractivity contribution in [2.24, 2.45) is 0 Å². The summed E-state index contributed by atoms with van der Waals surface area (Å²) in [6.07, 6.45) is 2.93. The van der Waals surface area contributed by atoms with Gasteiger partial charge in [-0.1, -0.05) is 29.8 Å². The molecule has 0 amide bonds. The van der Waals surface area contributed by atoms with E-state index in [1.54, 1.807) is 11.3 Å². The molecule has 1 heterocycles. The minimum atomic E-state index is 0.492. The number of thiazole rings is 1. The Hall–Kier alpha value is -1.39. The van der Waals surface area contributed by atoms with Gasteiger partial charge in [-0.15, -0.1) is 11.3 Å². The predicted molar refractivity (Wildman–Crippen MR) is 82.3 cm³/mol. The molecule has 0 bridgehead atoms. The Labute approximate surface area is 119 Å². The molecule has 0 spiro atoms. The summed E-state index contributed by atoms with van der Waals surface area (Å²) in [5.74, 6) is 0. The fraction of sp³-hybridized carbons (Fsp3) is 0.400. The summed E-state index contributed by atoms with van der Waals surface area (Å²) in [4.78, 5) is 7.65. The fourth-order valence-corrected chi connectivity index (χ4v) is 2.77. The van der Waals surface area contributed by atoms with E-state index in [9.17, 15) is 0 Å². The molecule has 2 rings (SSSR count). The third kappa shape index (κ3) is 4.04. The maximum absolute atomic E-state index is 5.66. The zero-order valence-electron chi connectivity index (χ0n) is 11.8. The Morgan fingerprint density at radius 1 is 1.32 bits per heavy atom. The molecule has 1 aromatic carbocycles. The number of nitrogens with two attached hydrogens (primary N) is 1. The third-order valence-corrected chi connectivity index (χ3v) is 4.19. The largest absolute Gasteiger partial charge is 0.375 e. The second-order valence-electron chi connectivity index (χ2n) is 5.12. The number of anilines is 1. The van der Waals surface area contributed by atoms with Crippen LogP contribution in [0.2, 0.25) is 0 Å². The van der Waals surface area contributed by atoms with Crippen molar-refractivity contribution in [3.8, 4) is 0 Å². The van der Waals surface area contributed by atoms with Crippen LogP contribution in [-0.4, -0.2) is 23.0 Å². The van der Waals surface area contributed by atoms with Crippen LogP contribution < -0.4 is 5.73 Å². The van der Waals surface area contributed by atoms with Crippen molar-refractivity contribution < 1.29 is 0 Å². The van der Waals surface area contributed by atoms with Crippen LogP contribution >= 0.6 is 11.3 Å². The summed E-state index contributed by atoms with van der Waals surface area (Å²) in [5, 5.41) is 0.648. The predicted octanol–water partition coefficient (Wildman–Crippen LogP) is 3.10. The molecular formula is C15H21N3S. The van der Waals surface area contributed by atoms with Gasteiger partial charge < -0.3 is 5.73 Å². The van der Waals surface area contributed by atoms with Crippen LogP contribution in [-0.2, 0) is 13.0 Å². The van der Waals surface area contributed by atoms with Crippen molar-refractivity contribution in [1.82, 2.24) is 9.88 Å². The van der Waals surface area contributed by atoms with Crippen molar-refractivity contribution in [2.45, 2.75) is 32.9 Å². The summed E-state index contributed by atoms with van der Waals surface area (Å²) in [7, 11) is 2.15. The van der Waals surface area contributed by atoms with Crippen molar-refractivity contribution in [2.75, 3.05) is 12.8 Å². The average molecular weight is 275 g/mol. The van der Waals surface area contributed by atoms with Gasteiger partial charge in [0, 0.05) is 23.7 Å². The summed E-state index contributed by atoms with van der Waals surface area (Å²) in [6, 6.07) is 9.26. The van der Waals surface area contributed by atoms with Crippen LogP contribution in [0, 0.1) is 6.92 Å². The average Bonchev–Trinajstić information content (AvgIpc) is 2.77. The first-order chi connectivity index (χ1) is 9.04. The molecule has 0 radical (unpaired) electrons. The van der Waals surface area contributed by atoms with E-state index >= 15 is 0 Å². The number of rotatable bonds is 5. The molecule has 3 nitrogen and oxygen atoms in total. The maximum atomic E-state index is 5.66. The van der Waals surface area contributed by atoms with Gasteiger partial charge in [0.25, 0.3) is 0 Å². The molecule has 1 aromatic heterocycles. The number of hydrogen-bond donors (Lipinski definition) is 1. The molecule has 2 N–H and O–H groups in total. The summed E-state index contributed by atoms with van der Waals surface area (Å²) in [5.41, 5.74) is 8.35. The second-order valence-corrected chi connectivity index (χ2v) is 6.27. The topological polar surface area (TPSA) is 42.2 Å². The highest BCUT2D eigenvalue weighted by atomic mass is 32.1. The molecule has 19 heavy (non-hydrogen) atoms. The van der Waals surface area contributed by atoms with Crippen LogP contribution in [0.3, 0.4) is 0 Å². The molecule has 1 atom stereocenters. The Bertz CT molecular complexity index is 518. The van der Waals surface area contributed by atoms with Crippen molar-refractivity contribution >= 4 is 16.5 Å². The van der Waals surface area contributed by atoms with Gasteiger partial charge in [-0.2, -0.15) is 0 Å². The van der Waals surface area contributed by atoms with Gasteiger partial charge in [-0.05, 0) is 32.9 Å². The minimum absolute atomic E-state index is 0.492. The Balaban J connectivity index is 1.91. The lowest BCUT2D eigenvalue weighted by atomic mass is 10.0. The smallest absolute Gasteiger partial charge is 0.180 e. The normalized spacial score (nSPS) is 12.8. The van der Waals surface area contributed by atoms with Crippen LogP contribution in [0.5, 0.6) is 0 Å². The molecule has 102 valence electrons. The molecule has 0 saturated heterocycles. The standard InChI is InChI=1S/C15H21N3S/c1-11-4-6-13(7-5-11)8-12(2)18(3)10-14-9-17-15(16)19-14/h4-7,9,12H,8,10H2,1-3H3,(H2,16,17). The monoisotopic (exact) mass is 275 g/mol. The molecule has 4 heteroatoms. The first-order valence-corrected chi connectivity index (χ1v) is 7.32. The van der Waals surface area contributed by atoms with Crippen LogP contribution in [0.15, 0.2) is 30.5 Å². The van der Waals surface area contributed by atoms with Gasteiger partial charge in [0.15, 0.2) is 5.13 Å². The van der Waals surface area contributed by atoms with Gasteiger partial charge in [0.1, 0.15) is 0 Å². The van der Waals surface area contributed by atoms with Crippen LogP contribution in [0.1, 0.15) is 22.9 Å². The minimum Gasteiger partial charge on any atom is -0.375 e. The zero-order chi connectivity index (χ0) is 13.8. The van der Waals surface area contributed by atoms with E-state index in [0.29, 0.717) is 11.2 Å². The van der Waals surface area contributed by atoms with E-state index in [2.05, 4.69) is 55.0 Å². The summed E-state index contributed by atoms with van der Waals surface area (Å²) < 4.78 is 0. The third-order valence-electron chi connectivity index (χ3n) is 3.38. The van der Waals surface area contributed by atoms with E-state index in [0.717, 1.165) is 13.0 Å². The SMILES string of the molecule is Cc1ccc(CC(C)N(C)Cc2cnc(N)s2)cc1. The molecule has 0 fully saturated rings. The van der Waals surface area contributed by atoms with Crippen molar-refractivity contribution in [1.29, 1.82) is 0 Å². The second kappa shape index (κ2) is 6.17. The van der Waals surface area contributed by atoms with E-state index in [4.69, 9.17) is 5.73 Å². The van der Waals surface area contributed by atoms with Crippen molar-refractivity contribution in [3.05, 3.63) is 46.5 Å². The van der Waals surface area contributed by atoms with Gasteiger partial charge in [0.2, 0.25) is 0 Å². The molecule has 0 aliphatic rings. The quantitative estimate of drug-likeness (QED) is 0.911. The van der Waals surface area contributed by atoms with Crippen LogP contribution in [0.25, 0.3) is 0 Å². The zero-order valence-corrected chi connectivity index (χ0v) is 12.6. The lowest BCUT2D eigenvalue weighted by Crippen LogP contribution is -2.30. The lowest BCUT2D eigenvalue weighted by molar-refractivity contribution is 0.250. The number of aromatic nitrogens is 1. The van der Waals surface area contributed by atoms with Gasteiger partial charge in [-0.25, -0.2) is 4.98 Å². The fourth-order valence-electron chi connectivity index (χ4n) is 2.02. The molecule has 2 aromatic rings. The van der Waals surface area contributed by atoms with E-state index in [1.165, 1.54) is 16.0 Å². The summed E-state index contributed by atoms with van der Waals surface area (Å²) >= 11 is 1.57. The van der Waals surface area contributed by atoms with Gasteiger partial charge >= 0.3 is 0 Å². The van der Waals surface area contributed by atoms with E-state index in [-0.39, 0.29) is 0 Å². The molecule has 0 aliphatic carbocycles. The highest BCUT2D eigenvalue weighted by Gasteiger charge is 2.11. The summed E-state index contributed by atoms with van der Waals surface area (Å²) in [6.45, 7) is 5.28. The molecular weight excluding hydrogens is 254 g/mol. The van der Waals surface area contributed by atoms with E-state index in [1.807, 2.05) is 6.20 Å². The van der Waals surface area contributed by atoms with Crippen molar-refractivity contribution in [3.63, 3.8) is 0 Å². The first kappa shape index (κ1) is 14.0. The highest BCUT2D eigenvalue weighted by molar-refractivity contribution is 7.15. The number of hydrogen-bond acceptors (Lipinski definition) is 4. The number of nitrogens with zero attached hydrogens (tertiary/aromatic N) is 2. The van der Waals surface area contributed by atoms with E-state index < -0.39 is 0 Å². The Morgan fingerprint density at radius 3 is 2.58 bits per heavy atom. The highest BCUT2D eigenvalue weighted by Crippen LogP contribution is 2.18. The Morgan fingerprint density at radius 2 is 2.00 bits per heavy atom. The number of benzene rings is 1. The lowest BCUT2D eigenvalue weighted by Gasteiger charge is -2.24. The number of aryl methyl sites for hydroxylation is 1. The number of likely N-dealkylation sites (N-methyl/N-ethyl adjacent to an activating group) is 1. The maximum Gasteiger partial charge on any atom is 0.180 e. The molecule has 0 aliphatic heterocycles. The number of nitrogen functional groups attached to an aromatic ring is 1. The Kier molecular flexibility index (Phi) is 4.56. The van der Waals surface area contributed by atoms with Gasteiger partial charge in [0.05, 0.1) is 0 Å². The van der Waals surface area contributed by atoms with Crippen LogP contribution in [0.4, 0.5) is 5.13 Å². The first-order valence-electron chi connectivity index (χ1n) is 6.50. The van der Waals surface area contributed by atoms with Gasteiger partial charge in [-0.3, -0.25) is 4.90 Å². The molecule has 0 saturated carbocycles.